The van der Waals surface area contributed by atoms with Crippen molar-refractivity contribution in [3.63, 3.8) is 0 Å². The Morgan fingerprint density at radius 2 is 1.94 bits per heavy atom. The van der Waals surface area contributed by atoms with Crippen LogP contribution in [0.2, 0.25) is 0 Å². The van der Waals surface area contributed by atoms with Crippen LogP contribution in [0.1, 0.15) is 44.9 Å². The number of hydrogen-bond acceptors (Lipinski definition) is 1. The van der Waals surface area contributed by atoms with Crippen molar-refractivity contribution in [3.8, 4) is 0 Å². The van der Waals surface area contributed by atoms with Crippen molar-refractivity contribution in [1.29, 1.82) is 0 Å². The molecule has 2 aliphatic rings. The molecule has 0 bridgehead atoms. The fraction of sp³-hybridized carbons (Fsp3) is 0.923. The van der Waals surface area contributed by atoms with Gasteiger partial charge in [-0.25, -0.2) is 0 Å². The van der Waals surface area contributed by atoms with Gasteiger partial charge in [-0.2, -0.15) is 0 Å². The monoisotopic (exact) mass is 287 g/mol. The predicted molar refractivity (Wildman–Crippen MR) is 69.7 cm³/mol. The van der Waals surface area contributed by atoms with Crippen LogP contribution in [0.3, 0.4) is 0 Å². The second kappa shape index (κ2) is 6.04. The topological polar surface area (TPSA) is 20.3 Å². The molecule has 2 rings (SSSR count). The number of nitrogens with zero attached hydrogens (tertiary/aromatic N) is 1. The van der Waals surface area contributed by atoms with E-state index in [4.69, 9.17) is 0 Å². The summed E-state index contributed by atoms with van der Waals surface area (Å²) in [4.78, 5) is 14.2. The molecule has 0 aromatic rings. The van der Waals surface area contributed by atoms with Crippen LogP contribution in [-0.4, -0.2) is 29.2 Å². The highest BCUT2D eigenvalue weighted by atomic mass is 79.9. The summed E-state index contributed by atoms with van der Waals surface area (Å²) in [5, 5.41) is 1.07. The van der Waals surface area contributed by atoms with Crippen LogP contribution in [0.15, 0.2) is 0 Å². The van der Waals surface area contributed by atoms with E-state index < -0.39 is 0 Å². The number of halogens is 1. The predicted octanol–water partition coefficient (Wildman–Crippen LogP) is 3.20. The Kier molecular flexibility index (Phi) is 4.68. The van der Waals surface area contributed by atoms with Gasteiger partial charge < -0.3 is 4.90 Å². The first-order valence-electron chi connectivity index (χ1n) is 6.63. The van der Waals surface area contributed by atoms with Gasteiger partial charge in [0.25, 0.3) is 0 Å². The van der Waals surface area contributed by atoms with Crippen molar-refractivity contribution >= 4 is 21.8 Å². The molecule has 1 atom stereocenters. The molecule has 0 aromatic heterocycles. The number of hydrogen-bond donors (Lipinski definition) is 0. The normalized spacial score (nSPS) is 26.6. The molecule has 0 N–H and O–H groups in total. The number of carbonyl (C=O) groups is 1. The van der Waals surface area contributed by atoms with Gasteiger partial charge in [0, 0.05) is 24.8 Å². The third kappa shape index (κ3) is 3.22. The van der Waals surface area contributed by atoms with Crippen molar-refractivity contribution in [2.24, 2.45) is 11.8 Å². The SMILES string of the molecule is O=C(CC1CCCC1)N1CCC(CCBr)C1. The Morgan fingerprint density at radius 3 is 2.62 bits per heavy atom. The molecule has 92 valence electrons. The third-order valence-electron chi connectivity index (χ3n) is 4.09. The third-order valence-corrected chi connectivity index (χ3v) is 4.55. The average molecular weight is 288 g/mol. The second-order valence-corrected chi connectivity index (χ2v) is 6.12. The first kappa shape index (κ1) is 12.4. The molecule has 1 amide bonds. The first-order valence-corrected chi connectivity index (χ1v) is 7.75. The Hall–Kier alpha value is -0.0500. The van der Waals surface area contributed by atoms with E-state index in [9.17, 15) is 4.79 Å². The standard InChI is InChI=1S/C13H22BrNO/c14-7-5-12-6-8-15(10-12)13(16)9-11-3-1-2-4-11/h11-12H,1-10H2. The van der Waals surface area contributed by atoms with Gasteiger partial charge in [-0.15, -0.1) is 0 Å². The van der Waals surface area contributed by atoms with Crippen molar-refractivity contribution in [2.45, 2.75) is 44.9 Å². The maximum absolute atomic E-state index is 12.1. The van der Waals surface area contributed by atoms with Crippen molar-refractivity contribution < 1.29 is 4.79 Å². The number of alkyl halides is 1. The molecule has 0 aromatic carbocycles. The van der Waals surface area contributed by atoms with E-state index >= 15 is 0 Å². The largest absolute Gasteiger partial charge is 0.342 e. The Morgan fingerprint density at radius 1 is 1.19 bits per heavy atom. The van der Waals surface area contributed by atoms with Gasteiger partial charge in [-0.1, -0.05) is 28.8 Å². The van der Waals surface area contributed by atoms with Crippen LogP contribution in [0, 0.1) is 11.8 Å². The molecular formula is C13H22BrNO. The summed E-state index contributed by atoms with van der Waals surface area (Å²) in [6.07, 6.45) is 8.49. The molecule has 1 saturated heterocycles. The maximum atomic E-state index is 12.1. The zero-order chi connectivity index (χ0) is 11.4. The summed E-state index contributed by atoms with van der Waals surface area (Å²) in [5.41, 5.74) is 0. The first-order chi connectivity index (χ1) is 7.79. The minimum atomic E-state index is 0.420. The Balaban J connectivity index is 1.73. The van der Waals surface area contributed by atoms with Gasteiger partial charge in [0.1, 0.15) is 0 Å². The van der Waals surface area contributed by atoms with E-state index in [1.807, 2.05) is 0 Å². The van der Waals surface area contributed by atoms with Crippen LogP contribution >= 0.6 is 15.9 Å². The molecule has 1 unspecified atom stereocenters. The van der Waals surface area contributed by atoms with Crippen LogP contribution < -0.4 is 0 Å². The highest BCUT2D eigenvalue weighted by Gasteiger charge is 2.27. The summed E-state index contributed by atoms with van der Waals surface area (Å²) in [6, 6.07) is 0. The summed E-state index contributed by atoms with van der Waals surface area (Å²) in [5.74, 6) is 1.86. The van der Waals surface area contributed by atoms with Crippen molar-refractivity contribution in [2.75, 3.05) is 18.4 Å². The van der Waals surface area contributed by atoms with Gasteiger partial charge in [0.2, 0.25) is 5.91 Å². The Labute approximate surface area is 107 Å². The van der Waals surface area contributed by atoms with Crippen LogP contribution in [0.4, 0.5) is 0 Å². The van der Waals surface area contributed by atoms with Crippen molar-refractivity contribution in [3.05, 3.63) is 0 Å². The van der Waals surface area contributed by atoms with Crippen LogP contribution in [0.5, 0.6) is 0 Å². The van der Waals surface area contributed by atoms with E-state index in [0.717, 1.165) is 30.8 Å². The fourth-order valence-electron chi connectivity index (χ4n) is 3.04. The minimum absolute atomic E-state index is 0.420. The lowest BCUT2D eigenvalue weighted by molar-refractivity contribution is -0.131. The molecule has 1 heterocycles. The quantitative estimate of drug-likeness (QED) is 0.727. The molecule has 16 heavy (non-hydrogen) atoms. The molecule has 2 nitrogen and oxygen atoms in total. The summed E-state index contributed by atoms with van der Waals surface area (Å²) >= 11 is 3.48. The molecule has 1 aliphatic carbocycles. The molecule has 2 fully saturated rings. The van der Waals surface area contributed by atoms with E-state index in [1.54, 1.807) is 0 Å². The lowest BCUT2D eigenvalue weighted by atomic mass is 10.0. The maximum Gasteiger partial charge on any atom is 0.222 e. The lowest BCUT2D eigenvalue weighted by Crippen LogP contribution is -2.29. The van der Waals surface area contributed by atoms with Gasteiger partial charge in [0.15, 0.2) is 0 Å². The zero-order valence-electron chi connectivity index (χ0n) is 9.96. The van der Waals surface area contributed by atoms with Crippen LogP contribution in [-0.2, 0) is 4.79 Å². The van der Waals surface area contributed by atoms with Gasteiger partial charge in [-0.3, -0.25) is 4.79 Å². The number of amides is 1. The van der Waals surface area contributed by atoms with Gasteiger partial charge >= 0.3 is 0 Å². The highest BCUT2D eigenvalue weighted by Crippen LogP contribution is 2.29. The van der Waals surface area contributed by atoms with Gasteiger partial charge in [-0.05, 0) is 37.5 Å². The van der Waals surface area contributed by atoms with Gasteiger partial charge in [0.05, 0.1) is 0 Å². The minimum Gasteiger partial charge on any atom is -0.342 e. The fourth-order valence-corrected chi connectivity index (χ4v) is 3.69. The summed E-state index contributed by atoms with van der Waals surface area (Å²) in [7, 11) is 0. The molecule has 3 heteroatoms. The van der Waals surface area contributed by atoms with Crippen LogP contribution in [0.25, 0.3) is 0 Å². The molecule has 1 saturated carbocycles. The summed E-state index contributed by atoms with van der Waals surface area (Å²) in [6.45, 7) is 2.01. The molecular weight excluding hydrogens is 266 g/mol. The summed E-state index contributed by atoms with van der Waals surface area (Å²) < 4.78 is 0. The smallest absolute Gasteiger partial charge is 0.222 e. The number of rotatable bonds is 4. The Bertz CT molecular complexity index is 238. The zero-order valence-corrected chi connectivity index (χ0v) is 11.5. The van der Waals surface area contributed by atoms with E-state index in [0.29, 0.717) is 11.8 Å². The van der Waals surface area contributed by atoms with E-state index in [-0.39, 0.29) is 0 Å². The molecule has 0 spiro atoms. The highest BCUT2D eigenvalue weighted by molar-refractivity contribution is 9.09. The lowest BCUT2D eigenvalue weighted by Gasteiger charge is -2.18. The number of carbonyl (C=O) groups excluding carboxylic acids is 1. The van der Waals surface area contributed by atoms with E-state index in [2.05, 4.69) is 20.8 Å². The number of likely N-dealkylation sites (tertiary alicyclic amines) is 1. The average Bonchev–Trinajstić information content (AvgIpc) is 2.89. The second-order valence-electron chi connectivity index (χ2n) is 5.33. The van der Waals surface area contributed by atoms with Crippen molar-refractivity contribution in [1.82, 2.24) is 4.90 Å². The van der Waals surface area contributed by atoms with E-state index in [1.165, 1.54) is 38.5 Å². The molecule has 1 aliphatic heterocycles. The molecule has 0 radical (unpaired) electrons.